The van der Waals surface area contributed by atoms with Crippen molar-refractivity contribution < 1.29 is 0 Å². The summed E-state index contributed by atoms with van der Waals surface area (Å²) in [6.07, 6.45) is 0. The number of rotatable bonds is 8. The molecule has 0 aliphatic heterocycles. The Morgan fingerprint density at radius 3 is 1.07 bits per heavy atom. The first kappa shape index (κ1) is 39.9. The molecule has 0 fully saturated rings. The van der Waals surface area contributed by atoms with Crippen LogP contribution in [0.15, 0.2) is 255 Å². The fraction of sp³-hybridized carbons (Fsp3) is 0. The van der Waals surface area contributed by atoms with E-state index in [0.717, 1.165) is 65.9 Å². The number of fused-ring (bicyclic) bond motifs is 9. The maximum absolute atomic E-state index is 5.41. The minimum absolute atomic E-state index is 0.553. The SMILES string of the molecule is c1ccc([Si](c2ccccc2)(c2ccccc2)c2ccc3c(c2)c2ccccc2n3-c2cccc(-c3nc(-n4c5ccccc5c5ccccc54)nc(-n4c5ccccc5c5ccccc54)n3)c2)cc1. The molecule has 0 bridgehead atoms. The lowest BCUT2D eigenvalue weighted by Gasteiger charge is -2.34. The lowest BCUT2D eigenvalue weighted by Crippen LogP contribution is -2.74. The molecule has 328 valence electrons. The van der Waals surface area contributed by atoms with Crippen LogP contribution in [0.4, 0.5) is 0 Å². The zero-order valence-corrected chi connectivity index (χ0v) is 38.9. The number of hydrogen-bond acceptors (Lipinski definition) is 3. The highest BCUT2D eigenvalue weighted by Crippen LogP contribution is 2.36. The summed E-state index contributed by atoms with van der Waals surface area (Å²) >= 11 is 0. The number of hydrogen-bond donors (Lipinski definition) is 0. The molecule has 0 saturated heterocycles. The summed E-state index contributed by atoms with van der Waals surface area (Å²) in [4.78, 5) is 16.2. The molecular formula is C63H42N6Si. The van der Waals surface area contributed by atoms with E-state index in [1.165, 1.54) is 31.5 Å². The summed E-state index contributed by atoms with van der Waals surface area (Å²) in [5, 5.41) is 12.4. The van der Waals surface area contributed by atoms with Gasteiger partial charge in [-0.05, 0) is 69.3 Å². The third-order valence-electron chi connectivity index (χ3n) is 14.3. The highest BCUT2D eigenvalue weighted by atomic mass is 28.3. The lowest BCUT2D eigenvalue weighted by molar-refractivity contribution is 0.892. The van der Waals surface area contributed by atoms with Gasteiger partial charge in [0.25, 0.3) is 0 Å². The van der Waals surface area contributed by atoms with Crippen molar-refractivity contribution in [1.29, 1.82) is 0 Å². The Morgan fingerprint density at radius 1 is 0.257 bits per heavy atom. The monoisotopic (exact) mass is 910 g/mol. The third-order valence-corrected chi connectivity index (χ3v) is 19.0. The van der Waals surface area contributed by atoms with Crippen molar-refractivity contribution in [3.05, 3.63) is 255 Å². The Bertz CT molecular complexity index is 3970. The number of nitrogens with zero attached hydrogens (tertiary/aromatic N) is 6. The van der Waals surface area contributed by atoms with E-state index in [4.69, 9.17) is 15.0 Å². The highest BCUT2D eigenvalue weighted by molar-refractivity contribution is 7.20. The molecule has 0 saturated carbocycles. The van der Waals surface area contributed by atoms with Crippen LogP contribution in [-0.2, 0) is 0 Å². The molecule has 0 atom stereocenters. The molecule has 0 amide bonds. The molecule has 70 heavy (non-hydrogen) atoms. The first-order valence-corrected chi connectivity index (χ1v) is 25.8. The molecule has 0 aliphatic rings. The molecule has 14 rings (SSSR count). The fourth-order valence-corrected chi connectivity index (χ4v) is 16.1. The minimum atomic E-state index is -2.79. The molecule has 14 aromatic rings. The van der Waals surface area contributed by atoms with Crippen LogP contribution in [0.5, 0.6) is 0 Å². The van der Waals surface area contributed by atoms with E-state index in [0.29, 0.717) is 17.7 Å². The summed E-state index contributed by atoms with van der Waals surface area (Å²) in [6, 6.07) is 92.1. The van der Waals surface area contributed by atoms with Gasteiger partial charge in [0, 0.05) is 43.6 Å². The Morgan fingerprint density at radius 2 is 0.629 bits per heavy atom. The predicted molar refractivity (Wildman–Crippen MR) is 292 cm³/mol. The predicted octanol–water partition coefficient (Wildman–Crippen LogP) is 12.2. The average molecular weight is 911 g/mol. The van der Waals surface area contributed by atoms with E-state index >= 15 is 0 Å². The second kappa shape index (κ2) is 16.0. The molecule has 0 aliphatic carbocycles. The van der Waals surface area contributed by atoms with Gasteiger partial charge in [0.05, 0.1) is 33.1 Å². The molecule has 6 nitrogen and oxygen atoms in total. The van der Waals surface area contributed by atoms with Crippen molar-refractivity contribution in [3.8, 4) is 29.0 Å². The van der Waals surface area contributed by atoms with Crippen LogP contribution in [0.25, 0.3) is 94.4 Å². The van der Waals surface area contributed by atoms with Crippen LogP contribution >= 0.6 is 0 Å². The smallest absolute Gasteiger partial charge is 0.240 e. The van der Waals surface area contributed by atoms with Crippen LogP contribution in [0.3, 0.4) is 0 Å². The van der Waals surface area contributed by atoms with Crippen LogP contribution < -0.4 is 20.7 Å². The van der Waals surface area contributed by atoms with Gasteiger partial charge < -0.3 is 4.57 Å². The second-order valence-electron chi connectivity index (χ2n) is 18.0. The summed E-state index contributed by atoms with van der Waals surface area (Å²) < 4.78 is 6.77. The van der Waals surface area contributed by atoms with E-state index in [2.05, 4.69) is 268 Å². The van der Waals surface area contributed by atoms with Crippen LogP contribution in [-0.4, -0.2) is 36.7 Å². The van der Waals surface area contributed by atoms with Gasteiger partial charge in [0.1, 0.15) is 0 Å². The number of aromatic nitrogens is 6. The second-order valence-corrected chi connectivity index (χ2v) is 21.8. The number of benzene rings is 10. The Kier molecular flexibility index (Phi) is 9.12. The Balaban J connectivity index is 1.000. The van der Waals surface area contributed by atoms with Gasteiger partial charge in [-0.2, -0.15) is 15.0 Å². The van der Waals surface area contributed by atoms with Crippen molar-refractivity contribution in [2.75, 3.05) is 0 Å². The van der Waals surface area contributed by atoms with Crippen molar-refractivity contribution in [3.63, 3.8) is 0 Å². The largest absolute Gasteiger partial charge is 0.309 e. The summed E-state index contributed by atoms with van der Waals surface area (Å²) in [6.45, 7) is 0. The summed E-state index contributed by atoms with van der Waals surface area (Å²) in [7, 11) is -2.79. The van der Waals surface area contributed by atoms with Crippen LogP contribution in [0.1, 0.15) is 0 Å². The van der Waals surface area contributed by atoms with Crippen LogP contribution in [0, 0.1) is 0 Å². The van der Waals surface area contributed by atoms with Gasteiger partial charge in [-0.15, -0.1) is 0 Å². The topological polar surface area (TPSA) is 53.5 Å². The van der Waals surface area contributed by atoms with Crippen molar-refractivity contribution in [2.45, 2.75) is 0 Å². The Labute approximate surface area is 404 Å². The molecule has 0 spiro atoms. The fourth-order valence-electron chi connectivity index (χ4n) is 11.3. The van der Waals surface area contributed by atoms with E-state index < -0.39 is 8.07 Å². The van der Waals surface area contributed by atoms with Gasteiger partial charge in [-0.1, -0.05) is 206 Å². The Hall–Kier alpha value is -9.17. The number of para-hydroxylation sites is 5. The highest BCUT2D eigenvalue weighted by Gasteiger charge is 2.41. The van der Waals surface area contributed by atoms with Crippen LogP contribution in [0.2, 0.25) is 0 Å². The molecular weight excluding hydrogens is 869 g/mol. The summed E-state index contributed by atoms with van der Waals surface area (Å²) in [5.41, 5.74) is 8.30. The van der Waals surface area contributed by atoms with Crippen molar-refractivity contribution in [1.82, 2.24) is 28.7 Å². The molecule has 4 heterocycles. The van der Waals surface area contributed by atoms with Gasteiger partial charge in [0.15, 0.2) is 13.9 Å². The molecule has 7 heteroatoms. The minimum Gasteiger partial charge on any atom is -0.309 e. The first-order chi connectivity index (χ1) is 34.7. The van der Waals surface area contributed by atoms with Crippen molar-refractivity contribution >= 4 is 94.2 Å². The lowest BCUT2D eigenvalue weighted by atomic mass is 10.1. The van der Waals surface area contributed by atoms with Gasteiger partial charge >= 0.3 is 0 Å². The van der Waals surface area contributed by atoms with E-state index in [1.807, 2.05) is 0 Å². The normalized spacial score (nSPS) is 12.0. The van der Waals surface area contributed by atoms with E-state index in [1.54, 1.807) is 0 Å². The van der Waals surface area contributed by atoms with Crippen molar-refractivity contribution in [2.24, 2.45) is 0 Å². The summed E-state index contributed by atoms with van der Waals surface area (Å²) in [5.74, 6) is 1.69. The molecule has 0 unspecified atom stereocenters. The standard InChI is InChI=1S/C63H42N6Si/c1-4-23-45(24-5-1)70(46-25-6-2-7-26-46,47-27-8-3-9-28-47)48-39-40-60-54(42-48)53-33-14-15-34-55(53)67(60)44-22-20-21-43(41-44)61-64-62(68-56-35-16-10-29-49(56)50-30-11-17-36-57(50)68)66-63(65-61)69-58-37-18-12-31-51(58)52-32-13-19-38-59(52)69/h1-42H. The van der Waals surface area contributed by atoms with E-state index in [-0.39, 0.29) is 0 Å². The van der Waals surface area contributed by atoms with Gasteiger partial charge in [0.2, 0.25) is 11.9 Å². The molecule has 0 radical (unpaired) electrons. The third kappa shape index (κ3) is 6.02. The molecule has 10 aromatic carbocycles. The zero-order valence-electron chi connectivity index (χ0n) is 37.9. The average Bonchev–Trinajstić information content (AvgIpc) is 4.08. The maximum Gasteiger partial charge on any atom is 0.240 e. The zero-order chi connectivity index (χ0) is 46.2. The van der Waals surface area contributed by atoms with Gasteiger partial charge in [-0.25, -0.2) is 0 Å². The molecule has 4 aromatic heterocycles. The van der Waals surface area contributed by atoms with Gasteiger partial charge in [-0.3, -0.25) is 9.13 Å². The van der Waals surface area contributed by atoms with E-state index in [9.17, 15) is 0 Å². The molecule has 0 N–H and O–H groups in total. The quantitative estimate of drug-likeness (QED) is 0.113. The first-order valence-electron chi connectivity index (χ1n) is 23.8. The maximum atomic E-state index is 5.41.